The molecule has 0 saturated heterocycles. The first-order chi connectivity index (χ1) is 11.1. The molecule has 0 amide bonds. The van der Waals surface area contributed by atoms with Crippen LogP contribution < -0.4 is 4.74 Å². The van der Waals surface area contributed by atoms with Gasteiger partial charge in [0.15, 0.2) is 0 Å². The highest BCUT2D eigenvalue weighted by Crippen LogP contribution is 2.33. The summed E-state index contributed by atoms with van der Waals surface area (Å²) in [5.41, 5.74) is 5.65. The zero-order valence-electron chi connectivity index (χ0n) is 14.0. The molecule has 1 unspecified atom stereocenters. The van der Waals surface area contributed by atoms with Crippen molar-refractivity contribution in [3.8, 4) is 17.0 Å². The van der Waals surface area contributed by atoms with E-state index < -0.39 is 6.10 Å². The molecular weight excluding hydrogens is 288 g/mol. The Labute approximate surface area is 136 Å². The Hall–Kier alpha value is -2.33. The number of pyridine rings is 1. The molecule has 0 radical (unpaired) electrons. The van der Waals surface area contributed by atoms with E-state index in [2.05, 4.69) is 6.07 Å². The normalized spacial score (nSPS) is 12.6. The second-order valence-electron chi connectivity index (χ2n) is 5.81. The van der Waals surface area contributed by atoms with Gasteiger partial charge >= 0.3 is 0 Å². The minimum Gasteiger partial charge on any atom is -0.496 e. The molecule has 0 bridgehead atoms. The number of hydrogen-bond donors (Lipinski definition) is 1. The monoisotopic (exact) mass is 310 g/mol. The second-order valence-corrected chi connectivity index (χ2v) is 5.81. The largest absolute Gasteiger partial charge is 0.496 e. The van der Waals surface area contributed by atoms with Crippen LogP contribution in [-0.2, 0) is 0 Å². The highest BCUT2D eigenvalue weighted by molar-refractivity contribution is 5.69. The van der Waals surface area contributed by atoms with Crippen molar-refractivity contribution in [1.29, 1.82) is 0 Å². The van der Waals surface area contributed by atoms with Crippen LogP contribution in [0.3, 0.4) is 0 Å². The number of rotatable bonds is 4. The summed E-state index contributed by atoms with van der Waals surface area (Å²) in [5, 5.41) is 10.6. The number of aliphatic hydroxyl groups is 1. The number of nitrogens with zero attached hydrogens (tertiary/aromatic N) is 2. The van der Waals surface area contributed by atoms with E-state index in [0.29, 0.717) is 6.42 Å². The fourth-order valence-electron chi connectivity index (χ4n) is 3.02. The van der Waals surface area contributed by atoms with Gasteiger partial charge < -0.3 is 9.84 Å². The Kier molecular flexibility index (Phi) is 4.09. The van der Waals surface area contributed by atoms with Gasteiger partial charge in [0.05, 0.1) is 24.6 Å². The zero-order valence-corrected chi connectivity index (χ0v) is 14.0. The molecule has 2 aromatic heterocycles. The minimum atomic E-state index is -0.552. The van der Waals surface area contributed by atoms with Crippen molar-refractivity contribution in [3.05, 3.63) is 53.3 Å². The fourth-order valence-corrected chi connectivity index (χ4v) is 3.02. The molecule has 0 spiro atoms. The predicted octanol–water partition coefficient (Wildman–Crippen LogP) is 4.07. The molecule has 2 heterocycles. The average Bonchev–Trinajstić information content (AvgIpc) is 2.95. The van der Waals surface area contributed by atoms with Crippen LogP contribution >= 0.6 is 0 Å². The number of benzene rings is 1. The first kappa shape index (κ1) is 15.6. The van der Waals surface area contributed by atoms with Crippen LogP contribution in [0.5, 0.6) is 5.75 Å². The van der Waals surface area contributed by atoms with E-state index in [1.165, 1.54) is 0 Å². The number of ether oxygens (including phenoxy) is 1. The van der Waals surface area contributed by atoms with Gasteiger partial charge in [0.1, 0.15) is 11.4 Å². The van der Waals surface area contributed by atoms with Crippen molar-refractivity contribution in [1.82, 2.24) is 9.38 Å². The van der Waals surface area contributed by atoms with E-state index in [9.17, 15) is 5.11 Å². The van der Waals surface area contributed by atoms with E-state index >= 15 is 0 Å². The van der Waals surface area contributed by atoms with Gasteiger partial charge in [-0.25, -0.2) is 4.98 Å². The fraction of sp³-hybridized carbons (Fsp3) is 0.316. The van der Waals surface area contributed by atoms with Gasteiger partial charge in [-0.15, -0.1) is 0 Å². The summed E-state index contributed by atoms with van der Waals surface area (Å²) in [6.45, 7) is 6.02. The van der Waals surface area contributed by atoms with Crippen molar-refractivity contribution in [3.63, 3.8) is 0 Å². The van der Waals surface area contributed by atoms with Gasteiger partial charge in [0.2, 0.25) is 0 Å². The lowest BCUT2D eigenvalue weighted by Gasteiger charge is -2.13. The molecule has 1 N–H and O–H groups in total. The van der Waals surface area contributed by atoms with E-state index in [-0.39, 0.29) is 0 Å². The number of imidazole rings is 1. The van der Waals surface area contributed by atoms with E-state index in [1.54, 1.807) is 7.11 Å². The first-order valence-electron chi connectivity index (χ1n) is 7.87. The number of fused-ring (bicyclic) bond motifs is 1. The third kappa shape index (κ3) is 2.59. The summed E-state index contributed by atoms with van der Waals surface area (Å²) < 4.78 is 7.38. The minimum absolute atomic E-state index is 0.552. The SMILES string of the molecule is CCC(O)c1c(-c2ccc(OC)c(C)c2)nc2cccc(C)n12. The molecule has 120 valence electrons. The molecule has 1 aromatic carbocycles. The Morgan fingerprint density at radius 1 is 1.22 bits per heavy atom. The van der Waals surface area contributed by atoms with Gasteiger partial charge in [-0.2, -0.15) is 0 Å². The van der Waals surface area contributed by atoms with E-state index in [4.69, 9.17) is 9.72 Å². The maximum atomic E-state index is 10.6. The van der Waals surface area contributed by atoms with Crippen LogP contribution in [0, 0.1) is 13.8 Å². The number of aliphatic hydroxyl groups excluding tert-OH is 1. The highest BCUT2D eigenvalue weighted by atomic mass is 16.5. The van der Waals surface area contributed by atoms with Crippen molar-refractivity contribution in [2.24, 2.45) is 0 Å². The maximum absolute atomic E-state index is 10.6. The Morgan fingerprint density at radius 3 is 2.65 bits per heavy atom. The van der Waals surface area contributed by atoms with E-state index in [1.807, 2.05) is 55.5 Å². The molecule has 0 fully saturated rings. The van der Waals surface area contributed by atoms with Gasteiger partial charge in [-0.3, -0.25) is 4.40 Å². The Bertz CT molecular complexity index is 852. The third-order valence-corrected chi connectivity index (χ3v) is 4.25. The van der Waals surface area contributed by atoms with Crippen LogP contribution in [-0.4, -0.2) is 21.6 Å². The van der Waals surface area contributed by atoms with Gasteiger partial charge in [-0.05, 0) is 56.2 Å². The second kappa shape index (κ2) is 6.05. The van der Waals surface area contributed by atoms with Gasteiger partial charge in [0, 0.05) is 11.3 Å². The maximum Gasteiger partial charge on any atom is 0.137 e. The summed E-state index contributed by atoms with van der Waals surface area (Å²) in [4.78, 5) is 4.77. The van der Waals surface area contributed by atoms with E-state index in [0.717, 1.165) is 39.6 Å². The number of aryl methyl sites for hydroxylation is 2. The van der Waals surface area contributed by atoms with Gasteiger partial charge in [0.25, 0.3) is 0 Å². The van der Waals surface area contributed by atoms with Crippen LogP contribution in [0.25, 0.3) is 16.9 Å². The van der Waals surface area contributed by atoms with Crippen molar-refractivity contribution in [2.45, 2.75) is 33.3 Å². The lowest BCUT2D eigenvalue weighted by atomic mass is 10.0. The molecule has 0 aliphatic carbocycles. The summed E-state index contributed by atoms with van der Waals surface area (Å²) in [6, 6.07) is 12.0. The van der Waals surface area contributed by atoms with Crippen molar-refractivity contribution < 1.29 is 9.84 Å². The first-order valence-corrected chi connectivity index (χ1v) is 7.87. The Balaban J connectivity index is 2.28. The lowest BCUT2D eigenvalue weighted by molar-refractivity contribution is 0.168. The highest BCUT2D eigenvalue weighted by Gasteiger charge is 2.21. The number of hydrogen-bond acceptors (Lipinski definition) is 3. The summed E-state index contributed by atoms with van der Waals surface area (Å²) in [7, 11) is 1.67. The van der Waals surface area contributed by atoms with Crippen LogP contribution in [0.15, 0.2) is 36.4 Å². The number of aromatic nitrogens is 2. The molecule has 3 aromatic rings. The smallest absolute Gasteiger partial charge is 0.137 e. The molecule has 0 aliphatic rings. The predicted molar refractivity (Wildman–Crippen MR) is 91.9 cm³/mol. The molecule has 1 atom stereocenters. The van der Waals surface area contributed by atoms with Crippen LogP contribution in [0.4, 0.5) is 0 Å². The average molecular weight is 310 g/mol. The molecular formula is C19H22N2O2. The summed E-state index contributed by atoms with van der Waals surface area (Å²) in [6.07, 6.45) is 0.0908. The molecule has 4 nitrogen and oxygen atoms in total. The zero-order chi connectivity index (χ0) is 16.6. The Morgan fingerprint density at radius 2 is 2.00 bits per heavy atom. The van der Waals surface area contributed by atoms with Crippen LogP contribution in [0.2, 0.25) is 0 Å². The summed E-state index contributed by atoms with van der Waals surface area (Å²) >= 11 is 0. The number of methoxy groups -OCH3 is 1. The van der Waals surface area contributed by atoms with Gasteiger partial charge in [-0.1, -0.05) is 13.0 Å². The van der Waals surface area contributed by atoms with Crippen molar-refractivity contribution >= 4 is 5.65 Å². The topological polar surface area (TPSA) is 46.8 Å². The third-order valence-electron chi connectivity index (χ3n) is 4.25. The lowest BCUT2D eigenvalue weighted by Crippen LogP contribution is -2.04. The van der Waals surface area contributed by atoms with Crippen LogP contribution in [0.1, 0.15) is 36.4 Å². The molecule has 0 saturated carbocycles. The molecule has 0 aliphatic heterocycles. The van der Waals surface area contributed by atoms with Crippen molar-refractivity contribution in [2.75, 3.05) is 7.11 Å². The summed E-state index contributed by atoms with van der Waals surface area (Å²) in [5.74, 6) is 0.853. The molecule has 23 heavy (non-hydrogen) atoms. The quantitative estimate of drug-likeness (QED) is 0.790. The molecule has 4 heteroatoms. The standard InChI is InChI=1S/C19H22N2O2/c1-5-15(22)19-18(14-9-10-16(23-4)12(2)11-14)20-17-8-6-7-13(3)21(17)19/h6-11,15,22H,5H2,1-4H3. The molecule has 3 rings (SSSR count).